The van der Waals surface area contributed by atoms with Gasteiger partial charge in [0.2, 0.25) is 0 Å². The maximum absolute atomic E-state index is 12.2. The van der Waals surface area contributed by atoms with Crippen LogP contribution in [0.3, 0.4) is 0 Å². The zero-order chi connectivity index (χ0) is 13.3. The Kier molecular flexibility index (Phi) is 3.33. The molecule has 0 radical (unpaired) electrons. The summed E-state index contributed by atoms with van der Waals surface area (Å²) in [5.74, 6) is -0.255. The quantitative estimate of drug-likeness (QED) is 0.830. The van der Waals surface area contributed by atoms with Crippen molar-refractivity contribution < 1.29 is 9.53 Å². The van der Waals surface area contributed by atoms with Gasteiger partial charge >= 0.3 is 5.97 Å². The lowest BCUT2D eigenvalue weighted by Gasteiger charge is -2.21. The van der Waals surface area contributed by atoms with Gasteiger partial charge in [-0.25, -0.2) is 4.79 Å². The predicted octanol–water partition coefficient (Wildman–Crippen LogP) is 3.52. The molecule has 1 aliphatic rings. The van der Waals surface area contributed by atoms with Crippen molar-refractivity contribution in [2.75, 3.05) is 5.32 Å². The molecule has 0 atom stereocenters. The number of esters is 1. The van der Waals surface area contributed by atoms with E-state index in [1.54, 1.807) is 0 Å². The fraction of sp³-hybridized carbons (Fsp3) is 0.533. The fourth-order valence-corrected chi connectivity index (χ4v) is 1.73. The molecule has 2 rings (SSSR count). The highest BCUT2D eigenvalue weighted by atomic mass is 16.6. The molecule has 0 amide bonds. The molecule has 1 aromatic carbocycles. The molecule has 1 fully saturated rings. The highest BCUT2D eigenvalue weighted by Gasteiger charge is 2.25. The van der Waals surface area contributed by atoms with E-state index >= 15 is 0 Å². The summed E-state index contributed by atoms with van der Waals surface area (Å²) in [6.07, 6.45) is 2.36. The van der Waals surface area contributed by atoms with Gasteiger partial charge in [-0.2, -0.15) is 0 Å². The van der Waals surface area contributed by atoms with Crippen molar-refractivity contribution in [1.29, 1.82) is 0 Å². The molecule has 0 aliphatic heterocycles. The van der Waals surface area contributed by atoms with Crippen molar-refractivity contribution in [3.63, 3.8) is 0 Å². The van der Waals surface area contributed by atoms with Crippen LogP contribution in [0.2, 0.25) is 0 Å². The van der Waals surface area contributed by atoms with E-state index in [2.05, 4.69) is 5.32 Å². The summed E-state index contributed by atoms with van der Waals surface area (Å²) in [5.41, 5.74) is 2.13. The van der Waals surface area contributed by atoms with Crippen molar-refractivity contribution in [2.45, 2.75) is 52.2 Å². The van der Waals surface area contributed by atoms with Gasteiger partial charge in [0.1, 0.15) is 5.60 Å². The second kappa shape index (κ2) is 4.63. The van der Waals surface area contributed by atoms with Gasteiger partial charge in [0.25, 0.3) is 0 Å². The first-order chi connectivity index (χ1) is 8.35. The fourth-order valence-electron chi connectivity index (χ4n) is 1.73. The van der Waals surface area contributed by atoms with Crippen molar-refractivity contribution in [3.8, 4) is 0 Å². The smallest absolute Gasteiger partial charge is 0.340 e. The second-order valence-corrected chi connectivity index (χ2v) is 5.97. The molecule has 3 heteroatoms. The Balaban J connectivity index is 2.23. The van der Waals surface area contributed by atoms with E-state index in [0.717, 1.165) is 11.3 Å². The monoisotopic (exact) mass is 247 g/mol. The van der Waals surface area contributed by atoms with E-state index in [9.17, 15) is 4.79 Å². The van der Waals surface area contributed by atoms with Crippen LogP contribution in [0.4, 0.5) is 5.69 Å². The van der Waals surface area contributed by atoms with E-state index in [0.29, 0.717) is 11.6 Å². The minimum absolute atomic E-state index is 0.255. The highest BCUT2D eigenvalue weighted by Crippen LogP contribution is 2.28. The van der Waals surface area contributed by atoms with Crippen LogP contribution in [0.25, 0.3) is 0 Å². The molecule has 18 heavy (non-hydrogen) atoms. The lowest BCUT2D eigenvalue weighted by Crippen LogP contribution is -2.24. The van der Waals surface area contributed by atoms with Crippen molar-refractivity contribution in [1.82, 2.24) is 0 Å². The van der Waals surface area contributed by atoms with Crippen LogP contribution in [0.15, 0.2) is 18.2 Å². The number of rotatable bonds is 3. The summed E-state index contributed by atoms with van der Waals surface area (Å²) in [6.45, 7) is 7.63. The minimum atomic E-state index is -0.461. The molecular formula is C15H21NO2. The van der Waals surface area contributed by atoms with Crippen LogP contribution in [-0.4, -0.2) is 17.6 Å². The standard InChI is InChI=1S/C15H21NO2/c1-10-5-8-13(16-11-6-7-11)12(9-10)14(17)18-15(2,3)4/h5,8-9,11,16H,6-7H2,1-4H3. The second-order valence-electron chi connectivity index (χ2n) is 5.97. The van der Waals surface area contributed by atoms with Crippen molar-refractivity contribution in [2.24, 2.45) is 0 Å². The van der Waals surface area contributed by atoms with Gasteiger partial charge in [-0.1, -0.05) is 11.6 Å². The molecule has 1 N–H and O–H groups in total. The Hall–Kier alpha value is -1.51. The topological polar surface area (TPSA) is 38.3 Å². The molecule has 1 aliphatic carbocycles. The highest BCUT2D eigenvalue weighted by molar-refractivity contribution is 5.96. The number of nitrogens with one attached hydrogen (secondary N) is 1. The van der Waals surface area contributed by atoms with Crippen LogP contribution >= 0.6 is 0 Å². The van der Waals surface area contributed by atoms with E-state index in [1.165, 1.54) is 12.8 Å². The van der Waals surface area contributed by atoms with E-state index < -0.39 is 5.60 Å². The number of benzene rings is 1. The number of ether oxygens (including phenoxy) is 1. The van der Waals surface area contributed by atoms with Gasteiger partial charge in [-0.15, -0.1) is 0 Å². The summed E-state index contributed by atoms with van der Waals surface area (Å²) < 4.78 is 5.44. The average molecular weight is 247 g/mol. The lowest BCUT2D eigenvalue weighted by molar-refractivity contribution is 0.00706. The first-order valence-electron chi connectivity index (χ1n) is 6.46. The third kappa shape index (κ3) is 3.49. The number of carbonyl (C=O) groups excluding carboxylic acids is 1. The predicted molar refractivity (Wildman–Crippen MR) is 73.0 cm³/mol. The zero-order valence-corrected chi connectivity index (χ0v) is 11.5. The molecule has 1 aromatic rings. The molecule has 0 unspecified atom stereocenters. The summed E-state index contributed by atoms with van der Waals surface area (Å²) in [7, 11) is 0. The maximum atomic E-state index is 12.2. The number of hydrogen-bond donors (Lipinski definition) is 1. The van der Waals surface area contributed by atoms with Crippen LogP contribution < -0.4 is 5.32 Å². The van der Waals surface area contributed by atoms with Crippen LogP contribution in [0.1, 0.15) is 49.5 Å². The molecule has 0 saturated heterocycles. The Bertz CT molecular complexity index is 456. The van der Waals surface area contributed by atoms with Crippen LogP contribution in [0.5, 0.6) is 0 Å². The van der Waals surface area contributed by atoms with E-state index in [1.807, 2.05) is 45.9 Å². The molecular weight excluding hydrogens is 226 g/mol. The van der Waals surface area contributed by atoms with E-state index in [-0.39, 0.29) is 5.97 Å². The summed E-state index contributed by atoms with van der Waals surface area (Å²) in [5, 5.41) is 3.38. The van der Waals surface area contributed by atoms with Crippen LogP contribution in [-0.2, 0) is 4.74 Å². The summed E-state index contributed by atoms with van der Waals surface area (Å²) in [6, 6.07) is 6.39. The Morgan fingerprint density at radius 3 is 2.56 bits per heavy atom. The molecule has 0 heterocycles. The lowest BCUT2D eigenvalue weighted by atomic mass is 10.1. The minimum Gasteiger partial charge on any atom is -0.456 e. The molecule has 1 saturated carbocycles. The number of anilines is 1. The summed E-state index contributed by atoms with van der Waals surface area (Å²) in [4.78, 5) is 12.2. The van der Waals surface area contributed by atoms with Gasteiger partial charge in [0.05, 0.1) is 5.56 Å². The third-order valence-electron chi connectivity index (χ3n) is 2.73. The Morgan fingerprint density at radius 1 is 1.33 bits per heavy atom. The van der Waals surface area contributed by atoms with Gasteiger partial charge in [-0.3, -0.25) is 0 Å². The number of hydrogen-bond acceptors (Lipinski definition) is 3. The number of aryl methyl sites for hydroxylation is 1. The number of carbonyl (C=O) groups is 1. The van der Waals surface area contributed by atoms with Gasteiger partial charge in [0.15, 0.2) is 0 Å². The Labute approximate surface area is 109 Å². The third-order valence-corrected chi connectivity index (χ3v) is 2.73. The van der Waals surface area contributed by atoms with E-state index in [4.69, 9.17) is 4.74 Å². The van der Waals surface area contributed by atoms with Gasteiger partial charge < -0.3 is 10.1 Å². The molecule has 0 aromatic heterocycles. The van der Waals surface area contributed by atoms with Crippen molar-refractivity contribution >= 4 is 11.7 Å². The maximum Gasteiger partial charge on any atom is 0.340 e. The molecule has 0 spiro atoms. The first-order valence-corrected chi connectivity index (χ1v) is 6.46. The Morgan fingerprint density at radius 2 is 2.00 bits per heavy atom. The van der Waals surface area contributed by atoms with Crippen LogP contribution in [0, 0.1) is 6.92 Å². The summed E-state index contributed by atoms with van der Waals surface area (Å²) >= 11 is 0. The molecule has 0 bridgehead atoms. The SMILES string of the molecule is Cc1ccc(NC2CC2)c(C(=O)OC(C)(C)C)c1. The van der Waals surface area contributed by atoms with Gasteiger partial charge in [0, 0.05) is 11.7 Å². The molecule has 3 nitrogen and oxygen atoms in total. The molecule has 98 valence electrons. The zero-order valence-electron chi connectivity index (χ0n) is 11.5. The normalized spacial score (nSPS) is 15.3. The van der Waals surface area contributed by atoms with Crippen molar-refractivity contribution in [3.05, 3.63) is 29.3 Å². The average Bonchev–Trinajstić information content (AvgIpc) is 3.02. The first kappa shape index (κ1) is 12.9. The van der Waals surface area contributed by atoms with Gasteiger partial charge in [-0.05, 0) is 52.7 Å². The largest absolute Gasteiger partial charge is 0.456 e.